The Morgan fingerprint density at radius 2 is 2.11 bits per heavy atom. The molecule has 2 aliphatic rings. The summed E-state index contributed by atoms with van der Waals surface area (Å²) in [5, 5.41) is 3.25. The lowest BCUT2D eigenvalue weighted by Crippen LogP contribution is -1.96. The van der Waals surface area contributed by atoms with Crippen molar-refractivity contribution in [3.63, 3.8) is 0 Å². The van der Waals surface area contributed by atoms with Gasteiger partial charge in [0.2, 0.25) is 6.79 Å². The summed E-state index contributed by atoms with van der Waals surface area (Å²) in [6.45, 7) is 1.18. The van der Waals surface area contributed by atoms with Gasteiger partial charge in [-0.2, -0.15) is 0 Å². The van der Waals surface area contributed by atoms with E-state index in [1.807, 2.05) is 18.2 Å². The highest BCUT2D eigenvalue weighted by molar-refractivity contribution is 7.71. The van der Waals surface area contributed by atoms with Gasteiger partial charge in [-0.3, -0.25) is 0 Å². The second-order valence-corrected chi connectivity index (χ2v) is 4.88. The minimum absolute atomic E-state index is 0.283. The maximum atomic E-state index is 5.42. The molecule has 0 radical (unpaired) electrons. The minimum atomic E-state index is 0.283. The fraction of sp³-hybridized carbons (Fsp3) is 0.231. The summed E-state index contributed by atoms with van der Waals surface area (Å²) in [6.07, 6.45) is 0.943. The Morgan fingerprint density at radius 3 is 3.05 bits per heavy atom. The van der Waals surface area contributed by atoms with Crippen LogP contribution in [0.1, 0.15) is 5.56 Å². The number of hydrogen-bond acceptors (Lipinski definition) is 5. The number of aromatic amines is 1. The average Bonchev–Trinajstić information content (AvgIpc) is 3.04. The Kier molecular flexibility index (Phi) is 2.25. The number of H-pyrrole nitrogens is 1. The Bertz CT molecular complexity index is 726. The highest BCUT2D eigenvalue weighted by atomic mass is 32.1. The highest BCUT2D eigenvalue weighted by Gasteiger charge is 2.20. The molecule has 6 heteroatoms. The van der Waals surface area contributed by atoms with E-state index in [0.717, 1.165) is 41.5 Å². The van der Waals surface area contributed by atoms with E-state index in [1.165, 1.54) is 5.56 Å². The number of fused-ring (bicyclic) bond motifs is 2. The number of nitrogens with one attached hydrogen (secondary N) is 2. The van der Waals surface area contributed by atoms with Gasteiger partial charge in [0.25, 0.3) is 0 Å². The predicted octanol–water partition coefficient (Wildman–Crippen LogP) is 2.50. The summed E-state index contributed by atoms with van der Waals surface area (Å²) < 4.78 is 11.2. The molecule has 0 unspecified atom stereocenters. The van der Waals surface area contributed by atoms with Crippen molar-refractivity contribution in [1.29, 1.82) is 0 Å². The summed E-state index contributed by atoms with van der Waals surface area (Å²) in [5.74, 6) is 2.44. The molecule has 0 bridgehead atoms. The lowest BCUT2D eigenvalue weighted by atomic mass is 10.1. The van der Waals surface area contributed by atoms with Crippen molar-refractivity contribution >= 4 is 18.0 Å². The van der Waals surface area contributed by atoms with Crippen LogP contribution in [-0.2, 0) is 6.42 Å². The molecule has 4 rings (SSSR count). The molecule has 5 nitrogen and oxygen atoms in total. The van der Waals surface area contributed by atoms with Gasteiger partial charge in [0, 0.05) is 17.7 Å². The first kappa shape index (κ1) is 10.8. The molecular formula is C13H11N3O2S. The van der Waals surface area contributed by atoms with E-state index < -0.39 is 0 Å². The minimum Gasteiger partial charge on any atom is -0.454 e. The molecule has 0 saturated carbocycles. The summed E-state index contributed by atoms with van der Waals surface area (Å²) in [7, 11) is 0. The molecular weight excluding hydrogens is 262 g/mol. The van der Waals surface area contributed by atoms with Crippen molar-refractivity contribution in [1.82, 2.24) is 9.97 Å². The molecule has 0 atom stereocenters. The normalized spacial score (nSPS) is 15.2. The maximum Gasteiger partial charge on any atom is 0.231 e. The molecule has 0 aliphatic carbocycles. The standard InChI is InChI=1S/C13H11N3O2S/c19-13-15-11(8-3-4-14-12(8)16-13)7-1-2-9-10(5-7)18-6-17-9/h1-2,5H,3-4,6H2,(H2,14,15,16,19). The van der Waals surface area contributed by atoms with Gasteiger partial charge in [-0.05, 0) is 36.8 Å². The lowest BCUT2D eigenvalue weighted by Gasteiger charge is -2.08. The number of hydrogen-bond donors (Lipinski definition) is 2. The molecule has 1 aromatic carbocycles. The number of ether oxygens (including phenoxy) is 2. The van der Waals surface area contributed by atoms with Crippen molar-refractivity contribution in [3.05, 3.63) is 28.5 Å². The molecule has 0 saturated heterocycles. The van der Waals surface area contributed by atoms with Crippen LogP contribution in [0, 0.1) is 4.77 Å². The third kappa shape index (κ3) is 1.67. The van der Waals surface area contributed by atoms with E-state index in [4.69, 9.17) is 21.7 Å². The van der Waals surface area contributed by atoms with Crippen molar-refractivity contribution in [3.8, 4) is 22.8 Å². The first-order valence-corrected chi connectivity index (χ1v) is 6.49. The topological polar surface area (TPSA) is 59.2 Å². The van der Waals surface area contributed by atoms with Crippen molar-refractivity contribution < 1.29 is 9.47 Å². The summed E-state index contributed by atoms with van der Waals surface area (Å²) in [6, 6.07) is 5.90. The monoisotopic (exact) mass is 273 g/mol. The molecule has 0 spiro atoms. The van der Waals surface area contributed by atoms with E-state index in [1.54, 1.807) is 0 Å². The van der Waals surface area contributed by atoms with Gasteiger partial charge in [-0.1, -0.05) is 0 Å². The molecule has 0 amide bonds. The van der Waals surface area contributed by atoms with Gasteiger partial charge in [0.15, 0.2) is 16.3 Å². The zero-order valence-corrected chi connectivity index (χ0v) is 10.8. The van der Waals surface area contributed by atoms with Crippen LogP contribution in [0.2, 0.25) is 0 Å². The Labute approximate surface area is 114 Å². The average molecular weight is 273 g/mol. The molecule has 1 aromatic heterocycles. The summed E-state index contributed by atoms with van der Waals surface area (Å²) in [5.41, 5.74) is 3.23. The van der Waals surface area contributed by atoms with Gasteiger partial charge < -0.3 is 19.8 Å². The fourth-order valence-electron chi connectivity index (χ4n) is 2.49. The maximum absolute atomic E-state index is 5.42. The molecule has 19 heavy (non-hydrogen) atoms. The van der Waals surface area contributed by atoms with Crippen LogP contribution >= 0.6 is 12.2 Å². The lowest BCUT2D eigenvalue weighted by molar-refractivity contribution is 0.174. The summed E-state index contributed by atoms with van der Waals surface area (Å²) >= 11 is 5.18. The molecule has 2 aliphatic heterocycles. The highest BCUT2D eigenvalue weighted by Crippen LogP contribution is 2.37. The molecule has 2 N–H and O–H groups in total. The van der Waals surface area contributed by atoms with Crippen LogP contribution < -0.4 is 14.8 Å². The molecule has 2 aromatic rings. The van der Waals surface area contributed by atoms with Gasteiger partial charge in [-0.25, -0.2) is 4.98 Å². The molecule has 96 valence electrons. The van der Waals surface area contributed by atoms with E-state index in [9.17, 15) is 0 Å². The quantitative estimate of drug-likeness (QED) is 0.782. The van der Waals surface area contributed by atoms with Gasteiger partial charge in [-0.15, -0.1) is 0 Å². The third-order valence-corrected chi connectivity index (χ3v) is 3.55. The van der Waals surface area contributed by atoms with Crippen LogP contribution in [0.15, 0.2) is 18.2 Å². The van der Waals surface area contributed by atoms with Crippen molar-refractivity contribution in [2.45, 2.75) is 6.42 Å². The van der Waals surface area contributed by atoms with Crippen LogP contribution in [-0.4, -0.2) is 23.3 Å². The number of nitrogens with zero attached hydrogens (tertiary/aromatic N) is 1. The van der Waals surface area contributed by atoms with Gasteiger partial charge in [0.05, 0.1) is 5.69 Å². The largest absolute Gasteiger partial charge is 0.454 e. The van der Waals surface area contributed by atoms with E-state index in [0.29, 0.717) is 4.77 Å². The Hall–Kier alpha value is -2.08. The van der Waals surface area contributed by atoms with Crippen LogP contribution in [0.25, 0.3) is 11.3 Å². The van der Waals surface area contributed by atoms with E-state index in [-0.39, 0.29) is 6.79 Å². The Balaban J connectivity index is 1.91. The Morgan fingerprint density at radius 1 is 1.21 bits per heavy atom. The zero-order chi connectivity index (χ0) is 12.8. The van der Waals surface area contributed by atoms with E-state index in [2.05, 4.69) is 15.3 Å². The van der Waals surface area contributed by atoms with Crippen LogP contribution in [0.4, 0.5) is 5.82 Å². The predicted molar refractivity (Wildman–Crippen MR) is 73.2 cm³/mol. The number of rotatable bonds is 1. The number of anilines is 1. The first-order valence-electron chi connectivity index (χ1n) is 6.08. The smallest absolute Gasteiger partial charge is 0.231 e. The fourth-order valence-corrected chi connectivity index (χ4v) is 2.69. The second kappa shape index (κ2) is 3.96. The van der Waals surface area contributed by atoms with Crippen molar-refractivity contribution in [2.24, 2.45) is 0 Å². The van der Waals surface area contributed by atoms with Crippen LogP contribution in [0.3, 0.4) is 0 Å². The van der Waals surface area contributed by atoms with Gasteiger partial charge >= 0.3 is 0 Å². The van der Waals surface area contributed by atoms with E-state index >= 15 is 0 Å². The van der Waals surface area contributed by atoms with Gasteiger partial charge in [0.1, 0.15) is 5.82 Å². The zero-order valence-electron chi connectivity index (χ0n) is 10.0. The number of benzene rings is 1. The number of aromatic nitrogens is 2. The van der Waals surface area contributed by atoms with Crippen molar-refractivity contribution in [2.75, 3.05) is 18.7 Å². The second-order valence-electron chi connectivity index (χ2n) is 4.49. The molecule has 3 heterocycles. The first-order chi connectivity index (χ1) is 9.31. The third-order valence-electron chi connectivity index (χ3n) is 3.36. The van der Waals surface area contributed by atoms with Crippen LogP contribution in [0.5, 0.6) is 11.5 Å². The molecule has 0 fully saturated rings. The summed E-state index contributed by atoms with van der Waals surface area (Å²) in [4.78, 5) is 7.49. The SMILES string of the molecule is S=c1nc2c(c(-c3ccc4c(c3)OCO4)[nH]1)CCN2.